The highest BCUT2D eigenvalue weighted by Gasteiger charge is 2.50. The average Bonchev–Trinajstić information content (AvgIpc) is 2.62. The van der Waals surface area contributed by atoms with Gasteiger partial charge >= 0.3 is 11.9 Å². The highest BCUT2D eigenvalue weighted by Crippen LogP contribution is 2.44. The largest absolute Gasteiger partial charge is 0.489 e. The molecule has 2 unspecified atom stereocenters. The molecule has 2 atom stereocenters. The van der Waals surface area contributed by atoms with Gasteiger partial charge in [-0.1, -0.05) is 31.4 Å². The van der Waals surface area contributed by atoms with Crippen LogP contribution in [0.25, 0.3) is 0 Å². The standard InChI is InChI=1S/C22H26ClNO4/c1-4-19(25)24(22(21(26)27)12-6-7-14(2)13-22)17-10-11-18(20(23)15(17)3)28-16-8-5-9-16/h1,10-11,14,16H,5-9,12-13H2,2-3H3,(H,26,27). The van der Waals surface area contributed by atoms with Crippen molar-refractivity contribution in [3.05, 3.63) is 22.7 Å². The maximum absolute atomic E-state index is 12.8. The Labute approximate surface area is 171 Å². The van der Waals surface area contributed by atoms with E-state index in [1.54, 1.807) is 19.1 Å². The zero-order chi connectivity index (χ0) is 20.5. The molecular weight excluding hydrogens is 378 g/mol. The van der Waals surface area contributed by atoms with Crippen LogP contribution in [0.2, 0.25) is 5.02 Å². The van der Waals surface area contributed by atoms with Gasteiger partial charge in [0.2, 0.25) is 0 Å². The minimum Gasteiger partial charge on any atom is -0.489 e. The number of hydrogen-bond acceptors (Lipinski definition) is 3. The first-order valence-corrected chi connectivity index (χ1v) is 10.2. The van der Waals surface area contributed by atoms with Crippen molar-refractivity contribution in [2.75, 3.05) is 4.90 Å². The zero-order valence-corrected chi connectivity index (χ0v) is 17.1. The van der Waals surface area contributed by atoms with Crippen molar-refractivity contribution in [2.24, 2.45) is 5.92 Å². The van der Waals surface area contributed by atoms with E-state index in [1.165, 1.54) is 4.90 Å². The number of carboxylic acid groups (broad SMARTS) is 1. The number of hydrogen-bond donors (Lipinski definition) is 1. The zero-order valence-electron chi connectivity index (χ0n) is 16.3. The van der Waals surface area contributed by atoms with Gasteiger partial charge in [-0.3, -0.25) is 9.69 Å². The molecule has 1 aromatic rings. The molecule has 2 aliphatic rings. The molecule has 1 amide bonds. The van der Waals surface area contributed by atoms with Crippen molar-refractivity contribution >= 4 is 29.2 Å². The Bertz CT molecular complexity index is 827. The van der Waals surface area contributed by atoms with Crippen LogP contribution < -0.4 is 9.64 Å². The second-order valence-electron chi connectivity index (χ2n) is 8.02. The molecule has 0 heterocycles. The number of anilines is 1. The number of nitrogens with zero attached hydrogens (tertiary/aromatic N) is 1. The van der Waals surface area contributed by atoms with Crippen molar-refractivity contribution in [3.8, 4) is 18.1 Å². The van der Waals surface area contributed by atoms with E-state index in [0.717, 1.165) is 32.1 Å². The number of amides is 1. The van der Waals surface area contributed by atoms with Crippen LogP contribution in [0.5, 0.6) is 5.75 Å². The molecule has 1 aromatic carbocycles. The van der Waals surface area contributed by atoms with Gasteiger partial charge in [0.05, 0.1) is 16.8 Å². The fraction of sp³-hybridized carbons (Fsp3) is 0.545. The van der Waals surface area contributed by atoms with E-state index in [-0.39, 0.29) is 12.0 Å². The number of ether oxygens (including phenoxy) is 1. The molecule has 2 fully saturated rings. The van der Waals surface area contributed by atoms with E-state index in [9.17, 15) is 14.7 Å². The molecule has 0 spiro atoms. The van der Waals surface area contributed by atoms with Crippen LogP contribution in [0, 0.1) is 25.2 Å². The quantitative estimate of drug-likeness (QED) is 0.731. The Hall–Kier alpha value is -2.19. The van der Waals surface area contributed by atoms with Crippen LogP contribution in [0.4, 0.5) is 5.69 Å². The molecule has 1 N–H and O–H groups in total. The normalized spacial score (nSPS) is 24.7. The van der Waals surface area contributed by atoms with E-state index in [4.69, 9.17) is 22.8 Å². The summed E-state index contributed by atoms with van der Waals surface area (Å²) >= 11 is 6.55. The molecule has 0 aromatic heterocycles. The van der Waals surface area contributed by atoms with Crippen molar-refractivity contribution in [1.29, 1.82) is 0 Å². The second-order valence-corrected chi connectivity index (χ2v) is 8.39. The first-order valence-electron chi connectivity index (χ1n) is 9.80. The van der Waals surface area contributed by atoms with E-state index >= 15 is 0 Å². The molecule has 0 aliphatic heterocycles. The Balaban J connectivity index is 2.07. The summed E-state index contributed by atoms with van der Waals surface area (Å²) in [4.78, 5) is 26.4. The van der Waals surface area contributed by atoms with Crippen LogP contribution in [-0.2, 0) is 9.59 Å². The van der Waals surface area contributed by atoms with E-state index in [1.807, 2.05) is 6.92 Å². The Kier molecular flexibility index (Phi) is 5.90. The molecule has 6 heteroatoms. The van der Waals surface area contributed by atoms with Crippen molar-refractivity contribution < 1.29 is 19.4 Å². The lowest BCUT2D eigenvalue weighted by atomic mass is 9.74. The number of carboxylic acids is 1. The lowest BCUT2D eigenvalue weighted by Crippen LogP contribution is -2.59. The maximum atomic E-state index is 12.8. The van der Waals surface area contributed by atoms with Crippen molar-refractivity contribution in [3.63, 3.8) is 0 Å². The fourth-order valence-corrected chi connectivity index (χ4v) is 4.47. The number of terminal acetylenes is 1. The SMILES string of the molecule is C#CC(=O)N(c1ccc(OC2CCC2)c(Cl)c1C)C1(C(=O)O)CCCC(C)C1. The predicted molar refractivity (Wildman–Crippen MR) is 109 cm³/mol. The monoisotopic (exact) mass is 403 g/mol. The third-order valence-electron chi connectivity index (χ3n) is 6.04. The summed E-state index contributed by atoms with van der Waals surface area (Å²) in [5.41, 5.74) is -0.336. The summed E-state index contributed by atoms with van der Waals surface area (Å²) in [6.45, 7) is 3.77. The van der Waals surface area contributed by atoms with Crippen LogP contribution in [0.3, 0.4) is 0 Å². The van der Waals surface area contributed by atoms with Crippen LogP contribution in [-0.4, -0.2) is 28.6 Å². The number of halogens is 1. The lowest BCUT2D eigenvalue weighted by molar-refractivity contribution is -0.146. The van der Waals surface area contributed by atoms with Crippen LogP contribution >= 0.6 is 11.6 Å². The Morgan fingerprint density at radius 3 is 2.57 bits per heavy atom. The topological polar surface area (TPSA) is 66.8 Å². The molecular formula is C22H26ClNO4. The summed E-state index contributed by atoms with van der Waals surface area (Å²) in [7, 11) is 0. The molecule has 0 radical (unpaired) electrons. The third kappa shape index (κ3) is 3.58. The van der Waals surface area contributed by atoms with Crippen molar-refractivity contribution in [1.82, 2.24) is 0 Å². The summed E-state index contributed by atoms with van der Waals surface area (Å²) < 4.78 is 5.93. The highest BCUT2D eigenvalue weighted by molar-refractivity contribution is 6.33. The molecule has 28 heavy (non-hydrogen) atoms. The number of rotatable bonds is 5. The minimum atomic E-state index is -1.37. The Morgan fingerprint density at radius 1 is 1.32 bits per heavy atom. The van der Waals surface area contributed by atoms with Crippen molar-refractivity contribution in [2.45, 2.75) is 70.4 Å². The smallest absolute Gasteiger partial charge is 0.330 e. The van der Waals surface area contributed by atoms with Gasteiger partial charge < -0.3 is 9.84 Å². The van der Waals surface area contributed by atoms with E-state index in [2.05, 4.69) is 5.92 Å². The highest BCUT2D eigenvalue weighted by atomic mass is 35.5. The fourth-order valence-electron chi connectivity index (χ4n) is 4.27. The number of carbonyl (C=O) groups excluding carboxylic acids is 1. The van der Waals surface area contributed by atoms with Gasteiger partial charge in [-0.15, -0.1) is 6.42 Å². The average molecular weight is 404 g/mol. The molecule has 0 bridgehead atoms. The van der Waals surface area contributed by atoms with Gasteiger partial charge in [0.25, 0.3) is 0 Å². The number of carbonyl (C=O) groups is 2. The first-order chi connectivity index (χ1) is 13.3. The number of aliphatic carboxylic acids is 1. The molecule has 5 nitrogen and oxygen atoms in total. The molecule has 150 valence electrons. The summed E-state index contributed by atoms with van der Waals surface area (Å²) in [5, 5.41) is 10.5. The van der Waals surface area contributed by atoms with Crippen LogP contribution in [0.1, 0.15) is 57.4 Å². The summed E-state index contributed by atoms with van der Waals surface area (Å²) in [6, 6.07) is 3.41. The predicted octanol–water partition coefficient (Wildman–Crippen LogP) is 4.58. The van der Waals surface area contributed by atoms with Gasteiger partial charge in [-0.25, -0.2) is 4.79 Å². The molecule has 2 saturated carbocycles. The second kappa shape index (κ2) is 8.05. The first kappa shape index (κ1) is 20.5. The lowest BCUT2D eigenvalue weighted by Gasteiger charge is -2.44. The maximum Gasteiger partial charge on any atom is 0.330 e. The van der Waals surface area contributed by atoms with Gasteiger partial charge in [0.15, 0.2) is 0 Å². The Morgan fingerprint density at radius 2 is 2.04 bits per heavy atom. The number of benzene rings is 1. The van der Waals surface area contributed by atoms with Gasteiger partial charge in [0.1, 0.15) is 11.3 Å². The van der Waals surface area contributed by atoms with Gasteiger partial charge in [-0.2, -0.15) is 0 Å². The van der Waals surface area contributed by atoms with Crippen LogP contribution in [0.15, 0.2) is 12.1 Å². The van der Waals surface area contributed by atoms with E-state index < -0.39 is 17.4 Å². The summed E-state index contributed by atoms with van der Waals surface area (Å²) in [5.74, 6) is 1.15. The molecule has 3 rings (SSSR count). The minimum absolute atomic E-state index is 0.163. The van der Waals surface area contributed by atoms with Gasteiger partial charge in [-0.05, 0) is 68.6 Å². The third-order valence-corrected chi connectivity index (χ3v) is 6.50. The molecule has 0 saturated heterocycles. The van der Waals surface area contributed by atoms with Gasteiger partial charge in [0, 0.05) is 0 Å². The van der Waals surface area contributed by atoms with E-state index in [0.29, 0.717) is 34.9 Å². The molecule has 2 aliphatic carbocycles. The summed E-state index contributed by atoms with van der Waals surface area (Å²) in [6.07, 6.45) is 11.1.